The minimum Gasteiger partial charge on any atom is -0.311 e. The van der Waals surface area contributed by atoms with E-state index in [9.17, 15) is 0 Å². The fourth-order valence-corrected chi connectivity index (χ4v) is 13.5. The molecule has 0 bridgehead atoms. The third-order valence-corrected chi connectivity index (χ3v) is 17.4. The smallest absolute Gasteiger partial charge is 0.252 e. The van der Waals surface area contributed by atoms with Gasteiger partial charge < -0.3 is 9.80 Å². The summed E-state index contributed by atoms with van der Waals surface area (Å²) in [5, 5.41) is 0. The first-order valence-electron chi connectivity index (χ1n) is 29.9. The van der Waals surface area contributed by atoms with Crippen LogP contribution in [0.5, 0.6) is 0 Å². The average Bonchev–Trinajstić information content (AvgIpc) is 0.774. The average molecular weight is 1090 g/mol. The molecule has 3 heteroatoms. The van der Waals surface area contributed by atoms with E-state index in [4.69, 9.17) is 0 Å². The summed E-state index contributed by atoms with van der Waals surface area (Å²) in [6.45, 7) is -0.126. The van der Waals surface area contributed by atoms with E-state index in [0.717, 1.165) is 37.1 Å². The Balaban J connectivity index is 1.03. The number of anilines is 6. The van der Waals surface area contributed by atoms with Gasteiger partial charge in [0, 0.05) is 34.1 Å². The molecular formula is C82H61BN2. The monoisotopic (exact) mass is 1080 g/mol. The van der Waals surface area contributed by atoms with Gasteiger partial charge in [-0.15, -0.1) is 0 Å². The number of fused-ring (bicyclic) bond motifs is 4. The molecule has 0 saturated heterocycles. The van der Waals surface area contributed by atoms with E-state index in [-0.39, 0.29) is 6.71 Å². The summed E-state index contributed by atoms with van der Waals surface area (Å²) >= 11 is 0. The van der Waals surface area contributed by atoms with Crippen molar-refractivity contribution in [2.75, 3.05) is 9.80 Å². The fraction of sp³-hybridized carbons (Fsp3) is 0.0488. The van der Waals surface area contributed by atoms with Crippen LogP contribution in [0.15, 0.2) is 322 Å². The first kappa shape index (κ1) is 51.4. The van der Waals surface area contributed by atoms with E-state index in [1.54, 1.807) is 0 Å². The molecule has 2 aliphatic rings. The van der Waals surface area contributed by atoms with Crippen LogP contribution in [-0.4, -0.2) is 6.71 Å². The van der Waals surface area contributed by atoms with Crippen LogP contribution in [0.1, 0.15) is 44.5 Å². The fourth-order valence-electron chi connectivity index (χ4n) is 13.5. The minimum atomic E-state index is -0.126. The van der Waals surface area contributed by atoms with Crippen molar-refractivity contribution in [1.82, 2.24) is 0 Å². The zero-order valence-electron chi connectivity index (χ0n) is 47.4. The molecule has 0 atom stereocenters. The Hall–Kier alpha value is -10.5. The van der Waals surface area contributed by atoms with Gasteiger partial charge in [-0.2, -0.15) is 0 Å². The van der Waals surface area contributed by atoms with Crippen molar-refractivity contribution < 1.29 is 0 Å². The molecular weight excluding hydrogens is 1020 g/mol. The van der Waals surface area contributed by atoms with Gasteiger partial charge in [-0.3, -0.25) is 0 Å². The number of hydrogen-bond donors (Lipinski definition) is 0. The summed E-state index contributed by atoms with van der Waals surface area (Å²) in [4.78, 5) is 5.21. The number of nitrogens with zero attached hydrogens (tertiary/aromatic N) is 2. The lowest BCUT2D eigenvalue weighted by molar-refractivity contribution is 1.17. The second kappa shape index (κ2) is 22.7. The van der Waals surface area contributed by atoms with Crippen LogP contribution in [-0.2, 0) is 25.7 Å². The summed E-state index contributed by atoms with van der Waals surface area (Å²) < 4.78 is 0. The van der Waals surface area contributed by atoms with Crippen molar-refractivity contribution in [1.29, 1.82) is 0 Å². The Kier molecular flexibility index (Phi) is 13.7. The summed E-state index contributed by atoms with van der Waals surface area (Å²) in [6.07, 6.45) is 3.22. The Morgan fingerprint density at radius 2 is 0.506 bits per heavy atom. The van der Waals surface area contributed by atoms with Crippen molar-refractivity contribution in [3.8, 4) is 44.5 Å². The molecule has 0 aliphatic carbocycles. The lowest BCUT2D eigenvalue weighted by atomic mass is 9.33. The van der Waals surface area contributed by atoms with E-state index < -0.39 is 0 Å². The summed E-state index contributed by atoms with van der Waals surface area (Å²) in [7, 11) is 0. The highest BCUT2D eigenvalue weighted by Gasteiger charge is 2.44. The highest BCUT2D eigenvalue weighted by molar-refractivity contribution is 7.00. The maximum absolute atomic E-state index is 2.60. The predicted molar refractivity (Wildman–Crippen MR) is 359 cm³/mol. The quantitative estimate of drug-likeness (QED) is 0.100. The van der Waals surface area contributed by atoms with Crippen molar-refractivity contribution in [3.05, 3.63) is 366 Å². The van der Waals surface area contributed by atoms with Gasteiger partial charge in [0.25, 0.3) is 6.71 Å². The molecule has 85 heavy (non-hydrogen) atoms. The van der Waals surface area contributed by atoms with Crippen molar-refractivity contribution in [3.63, 3.8) is 0 Å². The maximum atomic E-state index is 2.60. The highest BCUT2D eigenvalue weighted by Crippen LogP contribution is 2.48. The normalized spacial score (nSPS) is 12.1. The van der Waals surface area contributed by atoms with E-state index in [2.05, 4.69) is 331 Å². The first-order chi connectivity index (χ1) is 42.1. The predicted octanol–water partition coefficient (Wildman–Crippen LogP) is 18.8. The summed E-state index contributed by atoms with van der Waals surface area (Å²) in [5.41, 5.74) is 30.9. The van der Waals surface area contributed by atoms with Gasteiger partial charge in [-0.05, 0) is 180 Å². The molecule has 0 saturated carbocycles. The number of rotatable bonds is 14. The Labute approximate surface area is 500 Å². The molecule has 13 aromatic carbocycles. The Bertz CT molecular complexity index is 4210. The van der Waals surface area contributed by atoms with Crippen LogP contribution in [0.25, 0.3) is 44.5 Å². The minimum absolute atomic E-state index is 0.126. The third-order valence-electron chi connectivity index (χ3n) is 17.4. The largest absolute Gasteiger partial charge is 0.311 e. The van der Waals surface area contributed by atoms with Crippen LogP contribution in [0.4, 0.5) is 34.1 Å². The van der Waals surface area contributed by atoms with Crippen LogP contribution in [0.3, 0.4) is 0 Å². The molecule has 0 amide bonds. The van der Waals surface area contributed by atoms with Gasteiger partial charge in [-0.25, -0.2) is 0 Å². The molecule has 0 spiro atoms. The summed E-state index contributed by atoms with van der Waals surface area (Å²) in [5.74, 6) is 0. The molecule has 0 unspecified atom stereocenters. The SMILES string of the molecule is c1ccc(Cc2ccc(N3c4cc(-c5ccccc5)c(Cc5ccccc5)cc4B4c5cc(Cc6ccccc6)c(-c6ccccc6)cc5N(c5ccc(Cc6ccccc6)c(-c6ccccc6)c5)c5cccc3c54)cc2-c2ccccc2)cc1. The molecule has 15 rings (SSSR count). The molecule has 2 heterocycles. The zero-order chi connectivity index (χ0) is 56.5. The molecule has 0 fully saturated rings. The van der Waals surface area contributed by atoms with Crippen LogP contribution >= 0.6 is 0 Å². The molecule has 402 valence electrons. The lowest BCUT2D eigenvalue weighted by Crippen LogP contribution is -2.61. The van der Waals surface area contributed by atoms with Crippen molar-refractivity contribution in [2.24, 2.45) is 0 Å². The topological polar surface area (TPSA) is 6.48 Å². The van der Waals surface area contributed by atoms with E-state index >= 15 is 0 Å². The standard InChI is InChI=1S/C82H61BN2/c1-9-26-58(27-10-1)48-66-44-46-70(54-72(66)62-34-17-5-18-35-62)84-78-42-25-43-79-82(78)83(76-52-68(50-60-30-13-3-14-31-60)74(56-80(76)84)64-38-21-7-22-39-64)77-53-69(51-61-32-15-4-16-33-61)75(65-40-23-8-24-41-65)57-81(77)85(79)71-47-45-67(49-59-28-11-2-12-29-59)73(55-71)63-36-19-6-20-37-63/h1-47,52-57H,48-51H2. The van der Waals surface area contributed by atoms with E-state index in [0.29, 0.717) is 0 Å². The second-order valence-electron chi connectivity index (χ2n) is 22.7. The van der Waals surface area contributed by atoms with Gasteiger partial charge in [0.1, 0.15) is 0 Å². The maximum Gasteiger partial charge on any atom is 0.252 e. The number of benzene rings is 13. The Morgan fingerprint density at radius 1 is 0.224 bits per heavy atom. The van der Waals surface area contributed by atoms with Crippen LogP contribution in [0, 0.1) is 0 Å². The molecule has 2 nitrogen and oxygen atoms in total. The molecule has 0 aromatic heterocycles. The van der Waals surface area contributed by atoms with E-state index in [1.165, 1.54) is 128 Å². The molecule has 13 aromatic rings. The van der Waals surface area contributed by atoms with Crippen molar-refractivity contribution >= 4 is 57.2 Å². The van der Waals surface area contributed by atoms with E-state index in [1.807, 2.05) is 0 Å². The zero-order valence-corrected chi connectivity index (χ0v) is 47.4. The lowest BCUT2D eigenvalue weighted by Gasteiger charge is -2.45. The van der Waals surface area contributed by atoms with Gasteiger partial charge in [0.05, 0.1) is 0 Å². The van der Waals surface area contributed by atoms with Gasteiger partial charge in [-0.1, -0.05) is 273 Å². The van der Waals surface area contributed by atoms with Gasteiger partial charge in [0.15, 0.2) is 0 Å². The molecule has 0 N–H and O–H groups in total. The number of hydrogen-bond acceptors (Lipinski definition) is 2. The second-order valence-corrected chi connectivity index (χ2v) is 22.7. The first-order valence-corrected chi connectivity index (χ1v) is 29.9. The van der Waals surface area contributed by atoms with Gasteiger partial charge >= 0.3 is 0 Å². The Morgan fingerprint density at radius 3 is 0.824 bits per heavy atom. The highest BCUT2D eigenvalue weighted by atomic mass is 15.2. The van der Waals surface area contributed by atoms with Gasteiger partial charge in [0.2, 0.25) is 0 Å². The summed E-state index contributed by atoms with van der Waals surface area (Å²) in [6, 6.07) is 120. The van der Waals surface area contributed by atoms with Crippen LogP contribution in [0.2, 0.25) is 0 Å². The third kappa shape index (κ3) is 10.0. The van der Waals surface area contributed by atoms with Crippen molar-refractivity contribution in [2.45, 2.75) is 25.7 Å². The molecule has 0 radical (unpaired) electrons. The molecule has 2 aliphatic heterocycles. The van der Waals surface area contributed by atoms with Crippen LogP contribution < -0.4 is 26.2 Å².